The minimum atomic E-state index is -0.448. The van der Waals surface area contributed by atoms with E-state index in [1.54, 1.807) is 6.20 Å². The molecule has 0 spiro atoms. The van der Waals surface area contributed by atoms with Gasteiger partial charge in [-0.25, -0.2) is 4.98 Å². The quantitative estimate of drug-likeness (QED) is 0.788. The largest absolute Gasteiger partial charge is 0.370 e. The minimum Gasteiger partial charge on any atom is -0.370 e. The van der Waals surface area contributed by atoms with Crippen LogP contribution in [0.4, 0.5) is 5.69 Å². The molecule has 0 bridgehead atoms. The Balaban J connectivity index is 2.29. The fourth-order valence-electron chi connectivity index (χ4n) is 1.98. The second-order valence-electron chi connectivity index (χ2n) is 3.78. The number of hydrogen-bond acceptors (Lipinski definition) is 3. The monoisotopic (exact) mass is 205 g/mol. The summed E-state index contributed by atoms with van der Waals surface area (Å²) >= 11 is 0. The highest BCUT2D eigenvalue weighted by atomic mass is 16.1. The normalized spacial score (nSPS) is 16.4. The van der Waals surface area contributed by atoms with Gasteiger partial charge in [0.2, 0.25) is 0 Å². The maximum atomic E-state index is 11.2. The Hall–Kier alpha value is -1.58. The Morgan fingerprint density at radius 1 is 1.33 bits per heavy atom. The van der Waals surface area contributed by atoms with E-state index in [0.717, 1.165) is 18.8 Å². The first-order chi connectivity index (χ1) is 7.29. The maximum absolute atomic E-state index is 11.2. The highest BCUT2D eigenvalue weighted by Gasteiger charge is 2.17. The van der Waals surface area contributed by atoms with Gasteiger partial charge in [-0.15, -0.1) is 0 Å². The van der Waals surface area contributed by atoms with Gasteiger partial charge in [0.05, 0.1) is 5.69 Å². The molecular formula is C11H15N3O. The number of rotatable bonds is 2. The highest BCUT2D eigenvalue weighted by molar-refractivity contribution is 5.96. The molecule has 0 radical (unpaired) electrons. The first-order valence-corrected chi connectivity index (χ1v) is 5.29. The van der Waals surface area contributed by atoms with Crippen LogP contribution >= 0.6 is 0 Å². The Labute approximate surface area is 89.1 Å². The molecule has 1 saturated heterocycles. The van der Waals surface area contributed by atoms with Crippen LogP contribution in [0.1, 0.15) is 29.8 Å². The van der Waals surface area contributed by atoms with Crippen molar-refractivity contribution in [2.24, 2.45) is 5.73 Å². The molecular weight excluding hydrogens is 190 g/mol. The molecule has 2 heterocycles. The third-order valence-corrected chi connectivity index (χ3v) is 2.72. The summed E-state index contributed by atoms with van der Waals surface area (Å²) in [5.74, 6) is -0.448. The first-order valence-electron chi connectivity index (χ1n) is 5.29. The number of carbonyl (C=O) groups excluding carboxylic acids is 1. The van der Waals surface area contributed by atoms with E-state index in [4.69, 9.17) is 5.73 Å². The summed E-state index contributed by atoms with van der Waals surface area (Å²) in [7, 11) is 0. The van der Waals surface area contributed by atoms with Gasteiger partial charge in [-0.3, -0.25) is 4.79 Å². The van der Waals surface area contributed by atoms with Crippen LogP contribution in [-0.2, 0) is 0 Å². The molecule has 0 aliphatic carbocycles. The average Bonchev–Trinajstić information content (AvgIpc) is 2.30. The van der Waals surface area contributed by atoms with Crippen LogP contribution in [0.3, 0.4) is 0 Å². The van der Waals surface area contributed by atoms with E-state index >= 15 is 0 Å². The number of piperidine rings is 1. The van der Waals surface area contributed by atoms with E-state index in [1.807, 2.05) is 12.1 Å². The van der Waals surface area contributed by atoms with Gasteiger partial charge < -0.3 is 10.6 Å². The predicted octanol–water partition coefficient (Wildman–Crippen LogP) is 1.17. The molecule has 1 aromatic heterocycles. The summed E-state index contributed by atoms with van der Waals surface area (Å²) in [6, 6.07) is 3.76. The van der Waals surface area contributed by atoms with Crippen LogP contribution in [-0.4, -0.2) is 24.0 Å². The van der Waals surface area contributed by atoms with Gasteiger partial charge in [-0.05, 0) is 31.4 Å². The van der Waals surface area contributed by atoms with Gasteiger partial charge in [0.15, 0.2) is 5.69 Å². The van der Waals surface area contributed by atoms with Gasteiger partial charge >= 0.3 is 0 Å². The second kappa shape index (κ2) is 4.29. The molecule has 0 saturated carbocycles. The Morgan fingerprint density at radius 3 is 2.73 bits per heavy atom. The van der Waals surface area contributed by atoms with Crippen molar-refractivity contribution in [3.05, 3.63) is 24.0 Å². The van der Waals surface area contributed by atoms with Gasteiger partial charge in [0, 0.05) is 19.3 Å². The van der Waals surface area contributed by atoms with Crippen LogP contribution in [0.5, 0.6) is 0 Å². The minimum absolute atomic E-state index is 0.388. The molecule has 1 amide bonds. The fraction of sp³-hybridized carbons (Fsp3) is 0.455. The summed E-state index contributed by atoms with van der Waals surface area (Å²) in [5, 5.41) is 0. The molecule has 1 aliphatic heterocycles. The van der Waals surface area contributed by atoms with Crippen molar-refractivity contribution in [3.8, 4) is 0 Å². The molecule has 1 fully saturated rings. The van der Waals surface area contributed by atoms with E-state index in [2.05, 4.69) is 9.88 Å². The molecule has 4 nitrogen and oxygen atoms in total. The van der Waals surface area contributed by atoms with Crippen LogP contribution in [0.15, 0.2) is 18.3 Å². The standard InChI is InChI=1S/C11H15N3O/c12-11(15)10-9(5-4-6-13-10)14-7-2-1-3-8-14/h4-6H,1-3,7-8H2,(H2,12,15). The summed E-state index contributed by atoms with van der Waals surface area (Å²) in [4.78, 5) is 17.4. The van der Waals surface area contributed by atoms with Crippen LogP contribution < -0.4 is 10.6 Å². The van der Waals surface area contributed by atoms with Crippen molar-refractivity contribution < 1.29 is 4.79 Å². The molecule has 2 N–H and O–H groups in total. The number of primary amides is 1. The van der Waals surface area contributed by atoms with Gasteiger partial charge in [-0.2, -0.15) is 0 Å². The van der Waals surface area contributed by atoms with Gasteiger partial charge in [0.1, 0.15) is 0 Å². The second-order valence-corrected chi connectivity index (χ2v) is 3.78. The highest BCUT2D eigenvalue weighted by Crippen LogP contribution is 2.21. The molecule has 1 aromatic rings. The number of amides is 1. The van der Waals surface area contributed by atoms with E-state index in [9.17, 15) is 4.79 Å². The molecule has 0 atom stereocenters. The Bertz CT molecular complexity index is 359. The van der Waals surface area contributed by atoms with Crippen molar-refractivity contribution in [3.63, 3.8) is 0 Å². The number of aromatic nitrogens is 1. The van der Waals surface area contributed by atoms with Crippen LogP contribution in [0.25, 0.3) is 0 Å². The number of carbonyl (C=O) groups is 1. The van der Waals surface area contributed by atoms with Crippen molar-refractivity contribution in [2.45, 2.75) is 19.3 Å². The number of hydrogen-bond donors (Lipinski definition) is 1. The first kappa shape index (κ1) is 9.96. The molecule has 15 heavy (non-hydrogen) atoms. The number of anilines is 1. The maximum Gasteiger partial charge on any atom is 0.269 e. The average molecular weight is 205 g/mol. The topological polar surface area (TPSA) is 59.2 Å². The lowest BCUT2D eigenvalue weighted by molar-refractivity contribution is 0.0996. The van der Waals surface area contributed by atoms with Gasteiger partial charge in [-0.1, -0.05) is 0 Å². The molecule has 80 valence electrons. The van der Waals surface area contributed by atoms with Crippen molar-refractivity contribution >= 4 is 11.6 Å². The van der Waals surface area contributed by atoms with Crippen LogP contribution in [0, 0.1) is 0 Å². The zero-order valence-corrected chi connectivity index (χ0v) is 8.65. The fourth-order valence-corrected chi connectivity index (χ4v) is 1.98. The van der Waals surface area contributed by atoms with E-state index in [0.29, 0.717) is 5.69 Å². The molecule has 1 aliphatic rings. The summed E-state index contributed by atoms with van der Waals surface area (Å²) in [6.45, 7) is 1.98. The molecule has 2 rings (SSSR count). The lowest BCUT2D eigenvalue weighted by Gasteiger charge is -2.29. The van der Waals surface area contributed by atoms with Gasteiger partial charge in [0.25, 0.3) is 5.91 Å². The molecule has 0 aromatic carbocycles. The number of nitrogens with two attached hydrogens (primary N) is 1. The molecule has 0 unspecified atom stereocenters. The third kappa shape index (κ3) is 2.09. The van der Waals surface area contributed by atoms with E-state index in [-0.39, 0.29) is 0 Å². The zero-order chi connectivity index (χ0) is 10.7. The summed E-state index contributed by atoms with van der Waals surface area (Å²) in [6.07, 6.45) is 5.22. The van der Waals surface area contributed by atoms with Crippen molar-refractivity contribution in [1.82, 2.24) is 4.98 Å². The Kier molecular flexibility index (Phi) is 2.85. The smallest absolute Gasteiger partial charge is 0.269 e. The van der Waals surface area contributed by atoms with E-state index < -0.39 is 5.91 Å². The van der Waals surface area contributed by atoms with Crippen molar-refractivity contribution in [1.29, 1.82) is 0 Å². The summed E-state index contributed by atoms with van der Waals surface area (Å²) < 4.78 is 0. The van der Waals surface area contributed by atoms with Crippen molar-refractivity contribution in [2.75, 3.05) is 18.0 Å². The molecule has 4 heteroatoms. The van der Waals surface area contributed by atoms with E-state index in [1.165, 1.54) is 19.3 Å². The van der Waals surface area contributed by atoms with Crippen LogP contribution in [0.2, 0.25) is 0 Å². The number of pyridine rings is 1. The summed E-state index contributed by atoms with van der Waals surface area (Å²) in [5.41, 5.74) is 6.56. The lowest BCUT2D eigenvalue weighted by Crippen LogP contribution is -2.31. The zero-order valence-electron chi connectivity index (χ0n) is 8.65. The Morgan fingerprint density at radius 2 is 2.07 bits per heavy atom. The predicted molar refractivity (Wildman–Crippen MR) is 58.8 cm³/mol. The SMILES string of the molecule is NC(=O)c1ncccc1N1CCCCC1. The lowest BCUT2D eigenvalue weighted by atomic mass is 10.1. The third-order valence-electron chi connectivity index (χ3n) is 2.72. The number of nitrogens with zero attached hydrogens (tertiary/aromatic N) is 2.